The van der Waals surface area contributed by atoms with Gasteiger partial charge in [0, 0.05) is 19.0 Å². The Balaban J connectivity index is 3.21. The molecule has 0 aliphatic rings. The molecule has 4 N–H and O–H groups in total. The zero-order chi connectivity index (χ0) is 12.2. The molecular weight excluding hydrogens is 208 g/mol. The third kappa shape index (κ3) is 9.62. The van der Waals surface area contributed by atoms with Gasteiger partial charge in [0.1, 0.15) is 0 Å². The first kappa shape index (κ1) is 15.1. The fraction of sp³-hybridized carbons (Fsp3) is 0.727. The molecule has 0 radical (unpaired) electrons. The highest BCUT2D eigenvalue weighted by atomic mass is 16.5. The van der Waals surface area contributed by atoms with Crippen LogP contribution in [0.5, 0.6) is 0 Å². The Hall–Kier alpha value is -0.930. The van der Waals surface area contributed by atoms with E-state index in [4.69, 9.17) is 20.9 Å². The highest BCUT2D eigenvalue weighted by Crippen LogP contribution is 1.86. The summed E-state index contributed by atoms with van der Waals surface area (Å²) in [5, 5.41) is 0. The third-order valence-electron chi connectivity index (χ3n) is 1.74. The predicted molar refractivity (Wildman–Crippen MR) is 61.7 cm³/mol. The minimum Gasteiger partial charge on any atom is -0.379 e. The number of ether oxygens (including phenoxy) is 2. The minimum atomic E-state index is -0.124. The molecule has 92 valence electrons. The van der Waals surface area contributed by atoms with Gasteiger partial charge in [-0.2, -0.15) is 0 Å². The average molecular weight is 228 g/mol. The molecule has 0 amide bonds. The van der Waals surface area contributed by atoms with Gasteiger partial charge in [0.2, 0.25) is 5.78 Å². The van der Waals surface area contributed by atoms with E-state index in [2.05, 4.69) is 11.8 Å². The van der Waals surface area contributed by atoms with Gasteiger partial charge in [-0.25, -0.2) is 0 Å². The Bertz CT molecular complexity index is 245. The maximum absolute atomic E-state index is 10.9. The summed E-state index contributed by atoms with van der Waals surface area (Å²) in [6.45, 7) is 3.75. The molecule has 0 heterocycles. The maximum atomic E-state index is 10.9. The lowest BCUT2D eigenvalue weighted by Crippen LogP contribution is -2.34. The summed E-state index contributed by atoms with van der Waals surface area (Å²) in [7, 11) is 0. The smallest absolute Gasteiger partial charge is 0.207 e. The molecule has 0 rings (SSSR count). The molecule has 16 heavy (non-hydrogen) atoms. The molecule has 0 aromatic heterocycles. The van der Waals surface area contributed by atoms with Crippen LogP contribution in [0.3, 0.4) is 0 Å². The van der Waals surface area contributed by atoms with Crippen LogP contribution in [-0.4, -0.2) is 44.8 Å². The van der Waals surface area contributed by atoms with Gasteiger partial charge in [-0.15, -0.1) is 0 Å². The molecule has 0 aliphatic carbocycles. The van der Waals surface area contributed by atoms with Crippen LogP contribution >= 0.6 is 0 Å². The summed E-state index contributed by atoms with van der Waals surface area (Å²) in [5.41, 5.74) is 10.8. The van der Waals surface area contributed by atoms with Gasteiger partial charge in [0.25, 0.3) is 0 Å². The van der Waals surface area contributed by atoms with Crippen molar-refractivity contribution in [3.8, 4) is 11.8 Å². The van der Waals surface area contributed by atoms with Gasteiger partial charge in [-0.1, -0.05) is 5.92 Å². The zero-order valence-electron chi connectivity index (χ0n) is 9.70. The van der Waals surface area contributed by atoms with E-state index in [0.717, 1.165) is 0 Å². The van der Waals surface area contributed by atoms with Crippen molar-refractivity contribution >= 4 is 5.78 Å². The van der Waals surface area contributed by atoms with Crippen LogP contribution in [0.4, 0.5) is 0 Å². The van der Waals surface area contributed by atoms with Crippen molar-refractivity contribution in [3.05, 3.63) is 0 Å². The topological polar surface area (TPSA) is 87.6 Å². The van der Waals surface area contributed by atoms with Crippen LogP contribution in [0.1, 0.15) is 13.3 Å². The molecule has 5 nitrogen and oxygen atoms in total. The Morgan fingerprint density at radius 2 is 2.00 bits per heavy atom. The van der Waals surface area contributed by atoms with Gasteiger partial charge in [-0.3, -0.25) is 4.79 Å². The molecule has 0 saturated heterocycles. The molecule has 0 aliphatic heterocycles. The van der Waals surface area contributed by atoms with Gasteiger partial charge in [-0.05, 0) is 12.8 Å². The number of hydrogen-bond donors (Lipinski definition) is 2. The third-order valence-corrected chi connectivity index (χ3v) is 1.74. The quantitative estimate of drug-likeness (QED) is 0.309. The van der Waals surface area contributed by atoms with E-state index in [1.54, 1.807) is 6.92 Å². The number of hydrogen-bond acceptors (Lipinski definition) is 5. The monoisotopic (exact) mass is 228 g/mol. The van der Waals surface area contributed by atoms with E-state index < -0.39 is 0 Å². The molecule has 1 unspecified atom stereocenters. The maximum Gasteiger partial charge on any atom is 0.207 e. The van der Waals surface area contributed by atoms with Crippen molar-refractivity contribution in [1.82, 2.24) is 0 Å². The number of rotatable bonds is 9. The lowest BCUT2D eigenvalue weighted by molar-refractivity contribution is -0.115. The largest absolute Gasteiger partial charge is 0.379 e. The van der Waals surface area contributed by atoms with Crippen molar-refractivity contribution in [2.75, 3.05) is 33.0 Å². The number of carbonyl (C=O) groups is 1. The number of ketones is 1. The van der Waals surface area contributed by atoms with Gasteiger partial charge in [0.15, 0.2) is 0 Å². The summed E-state index contributed by atoms with van der Waals surface area (Å²) in [6.07, 6.45) is 0.323. The minimum absolute atomic E-state index is 0.103. The van der Waals surface area contributed by atoms with Crippen LogP contribution in [-0.2, 0) is 14.3 Å². The second kappa shape index (κ2) is 10.6. The van der Waals surface area contributed by atoms with Crippen molar-refractivity contribution in [1.29, 1.82) is 0 Å². The first-order valence-electron chi connectivity index (χ1n) is 5.27. The van der Waals surface area contributed by atoms with E-state index in [1.165, 1.54) is 0 Å². The summed E-state index contributed by atoms with van der Waals surface area (Å²) in [4.78, 5) is 10.9. The Morgan fingerprint density at radius 1 is 1.31 bits per heavy atom. The number of Topliss-reactive ketones (excluding diaryl/α,β-unsaturated/α-hetero) is 1. The van der Waals surface area contributed by atoms with E-state index >= 15 is 0 Å². The van der Waals surface area contributed by atoms with Crippen molar-refractivity contribution in [2.45, 2.75) is 19.4 Å². The number of carbonyl (C=O) groups excluding carboxylic acids is 1. The zero-order valence-corrected chi connectivity index (χ0v) is 9.70. The van der Waals surface area contributed by atoms with Gasteiger partial charge < -0.3 is 20.9 Å². The Labute approximate surface area is 96.5 Å². The first-order valence-corrected chi connectivity index (χ1v) is 5.27. The molecule has 0 bridgehead atoms. The summed E-state index contributed by atoms with van der Waals surface area (Å²) in [6, 6.07) is -0.124. The highest BCUT2D eigenvalue weighted by Gasteiger charge is 1.99. The van der Waals surface area contributed by atoms with E-state index in [0.29, 0.717) is 39.4 Å². The molecular formula is C11H20N2O3. The van der Waals surface area contributed by atoms with E-state index in [1.807, 2.05) is 0 Å². The van der Waals surface area contributed by atoms with Crippen molar-refractivity contribution in [3.63, 3.8) is 0 Å². The van der Waals surface area contributed by atoms with Crippen LogP contribution in [0.2, 0.25) is 0 Å². The number of nitrogens with two attached hydrogens (primary N) is 2. The highest BCUT2D eigenvalue weighted by molar-refractivity contribution is 5.95. The summed E-state index contributed by atoms with van der Waals surface area (Å²) in [5.74, 6) is 4.88. The van der Waals surface area contributed by atoms with E-state index in [9.17, 15) is 4.79 Å². The first-order chi connectivity index (χ1) is 7.70. The summed E-state index contributed by atoms with van der Waals surface area (Å²) >= 11 is 0. The second-order valence-corrected chi connectivity index (χ2v) is 3.23. The molecule has 0 aromatic rings. The predicted octanol–water partition coefficient (Wildman–Crippen LogP) is -0.712. The average Bonchev–Trinajstić information content (AvgIpc) is 2.27. The van der Waals surface area contributed by atoms with Gasteiger partial charge >= 0.3 is 0 Å². The fourth-order valence-electron chi connectivity index (χ4n) is 0.889. The van der Waals surface area contributed by atoms with Crippen molar-refractivity contribution in [2.24, 2.45) is 11.5 Å². The molecule has 5 heteroatoms. The second-order valence-electron chi connectivity index (χ2n) is 3.23. The Kier molecular flexibility index (Phi) is 9.97. The molecule has 0 spiro atoms. The standard InChI is InChI=1S/C11H20N2O3/c1-2-3-11(14)4-5-15-6-7-16-9-10(13)8-12/h10H,4-9,12-13H2,1H3. The van der Waals surface area contributed by atoms with Crippen LogP contribution in [0.25, 0.3) is 0 Å². The van der Waals surface area contributed by atoms with E-state index in [-0.39, 0.29) is 11.8 Å². The SMILES string of the molecule is CC#CC(=O)CCOCCOCC(N)CN. The van der Waals surface area contributed by atoms with Crippen molar-refractivity contribution < 1.29 is 14.3 Å². The van der Waals surface area contributed by atoms with Crippen LogP contribution in [0, 0.1) is 11.8 Å². The normalized spacial score (nSPS) is 11.7. The van der Waals surface area contributed by atoms with Gasteiger partial charge in [0.05, 0.1) is 26.4 Å². The van der Waals surface area contributed by atoms with Crippen LogP contribution < -0.4 is 11.5 Å². The molecule has 0 fully saturated rings. The lowest BCUT2D eigenvalue weighted by atomic mass is 10.3. The molecule has 0 saturated carbocycles. The molecule has 1 atom stereocenters. The molecule has 0 aromatic carbocycles. The fourth-order valence-corrected chi connectivity index (χ4v) is 0.889. The van der Waals surface area contributed by atoms with Crippen LogP contribution in [0.15, 0.2) is 0 Å². The lowest BCUT2D eigenvalue weighted by Gasteiger charge is -2.09. The summed E-state index contributed by atoms with van der Waals surface area (Å²) < 4.78 is 10.4. The Morgan fingerprint density at radius 3 is 2.62 bits per heavy atom.